The lowest BCUT2D eigenvalue weighted by atomic mass is 10.1. The van der Waals surface area contributed by atoms with Crippen LogP contribution in [0.1, 0.15) is 5.69 Å². The molecular formula is C16H13F4N3O3. The van der Waals surface area contributed by atoms with E-state index in [4.69, 9.17) is 4.74 Å². The first kappa shape index (κ1) is 17.8. The molecule has 2 aromatic heterocycles. The number of hydrogen-bond donors (Lipinski definition) is 2. The second-order valence-corrected chi connectivity index (χ2v) is 5.61. The number of aromatic hydroxyl groups is 1. The molecule has 0 aliphatic heterocycles. The van der Waals surface area contributed by atoms with Gasteiger partial charge in [0.05, 0.1) is 23.9 Å². The van der Waals surface area contributed by atoms with E-state index in [9.17, 15) is 27.5 Å². The number of fused-ring (bicyclic) bond motifs is 1. The van der Waals surface area contributed by atoms with E-state index in [1.54, 1.807) is 0 Å². The van der Waals surface area contributed by atoms with Gasteiger partial charge in [-0.3, -0.25) is 4.79 Å². The van der Waals surface area contributed by atoms with E-state index < -0.39 is 29.7 Å². The molecule has 138 valence electrons. The van der Waals surface area contributed by atoms with E-state index in [-0.39, 0.29) is 33.7 Å². The normalized spacial score (nSPS) is 11.9. The number of alkyl halides is 3. The lowest BCUT2D eigenvalue weighted by molar-refractivity contribution is -0.141. The van der Waals surface area contributed by atoms with Gasteiger partial charge in [0, 0.05) is 11.6 Å². The molecule has 26 heavy (non-hydrogen) atoms. The van der Waals surface area contributed by atoms with Gasteiger partial charge in [0.15, 0.2) is 5.75 Å². The van der Waals surface area contributed by atoms with Crippen molar-refractivity contribution in [3.05, 3.63) is 39.9 Å². The predicted molar refractivity (Wildman–Crippen MR) is 84.8 cm³/mol. The number of pyridine rings is 1. The minimum atomic E-state index is -4.58. The van der Waals surface area contributed by atoms with Gasteiger partial charge in [-0.15, -0.1) is 0 Å². The Hall–Kier alpha value is -3.04. The second-order valence-electron chi connectivity index (χ2n) is 5.61. The van der Waals surface area contributed by atoms with Gasteiger partial charge in [-0.1, -0.05) is 0 Å². The number of halogens is 4. The Morgan fingerprint density at radius 3 is 2.62 bits per heavy atom. The van der Waals surface area contributed by atoms with E-state index in [1.165, 1.54) is 26.2 Å². The summed E-state index contributed by atoms with van der Waals surface area (Å²) in [6.07, 6.45) is -4.58. The molecule has 0 radical (unpaired) electrons. The highest BCUT2D eigenvalue weighted by molar-refractivity contribution is 5.84. The van der Waals surface area contributed by atoms with E-state index >= 15 is 0 Å². The first-order valence-electron chi connectivity index (χ1n) is 7.35. The maximum atomic E-state index is 14.3. The van der Waals surface area contributed by atoms with Crippen molar-refractivity contribution in [2.45, 2.75) is 19.6 Å². The van der Waals surface area contributed by atoms with Crippen LogP contribution in [0.3, 0.4) is 0 Å². The molecule has 0 saturated carbocycles. The van der Waals surface area contributed by atoms with Crippen LogP contribution in [0.25, 0.3) is 22.3 Å². The topological polar surface area (TPSA) is 80.1 Å². The molecule has 0 bridgehead atoms. The zero-order valence-corrected chi connectivity index (χ0v) is 13.6. The molecular weight excluding hydrogens is 358 g/mol. The Bertz CT molecular complexity index is 1050. The van der Waals surface area contributed by atoms with Crippen LogP contribution >= 0.6 is 0 Å². The number of aromatic amines is 1. The Morgan fingerprint density at radius 2 is 2.04 bits per heavy atom. The predicted octanol–water partition coefficient (Wildman–Crippen LogP) is 3.12. The summed E-state index contributed by atoms with van der Waals surface area (Å²) < 4.78 is 58.0. The van der Waals surface area contributed by atoms with E-state index in [2.05, 4.69) is 10.1 Å². The molecule has 0 aliphatic carbocycles. The Balaban J connectivity index is 2.29. The zero-order valence-electron chi connectivity index (χ0n) is 13.6. The average molecular weight is 371 g/mol. The number of methoxy groups -OCH3 is 1. The van der Waals surface area contributed by atoms with Crippen molar-refractivity contribution in [1.29, 1.82) is 0 Å². The van der Waals surface area contributed by atoms with Gasteiger partial charge < -0.3 is 14.8 Å². The number of hydrogen-bond acceptors (Lipinski definition) is 4. The van der Waals surface area contributed by atoms with Crippen molar-refractivity contribution >= 4 is 11.0 Å². The first-order valence-corrected chi connectivity index (χ1v) is 7.35. The molecule has 0 fully saturated rings. The van der Waals surface area contributed by atoms with Crippen LogP contribution in [0, 0.1) is 12.7 Å². The van der Waals surface area contributed by atoms with E-state index in [0.717, 1.165) is 6.07 Å². The first-order chi connectivity index (χ1) is 12.1. The summed E-state index contributed by atoms with van der Waals surface area (Å²) in [4.78, 5) is 14.9. The van der Waals surface area contributed by atoms with Crippen molar-refractivity contribution in [3.63, 3.8) is 0 Å². The van der Waals surface area contributed by atoms with Crippen LogP contribution in [0.2, 0.25) is 0 Å². The molecule has 2 N–H and O–H groups in total. The smallest absolute Gasteiger partial charge is 0.408 e. The molecule has 3 aromatic rings. The van der Waals surface area contributed by atoms with Crippen LogP contribution in [0.15, 0.2) is 23.0 Å². The van der Waals surface area contributed by atoms with Gasteiger partial charge >= 0.3 is 6.18 Å². The summed E-state index contributed by atoms with van der Waals surface area (Å²) in [7, 11) is 1.33. The summed E-state index contributed by atoms with van der Waals surface area (Å²) in [6.45, 7) is -0.0971. The molecule has 0 unspecified atom stereocenters. The van der Waals surface area contributed by atoms with Gasteiger partial charge in [-0.05, 0) is 19.1 Å². The lowest BCUT2D eigenvalue weighted by Crippen LogP contribution is -2.19. The van der Waals surface area contributed by atoms with Crippen molar-refractivity contribution in [1.82, 2.24) is 14.8 Å². The quantitative estimate of drug-likeness (QED) is 0.694. The van der Waals surface area contributed by atoms with Crippen LogP contribution in [0.5, 0.6) is 11.5 Å². The molecule has 1 aromatic carbocycles. The minimum absolute atomic E-state index is 0.0163. The standard InChI is InChI=1S/C16H13F4N3O3/c1-7-11-13(24)14(25)12(9-4-3-8(26-2)5-10(9)17)21-15(11)23(22-7)6-16(18,19)20/h3-5,25H,6H2,1-2H3,(H,21,24). The maximum absolute atomic E-state index is 14.3. The van der Waals surface area contributed by atoms with E-state index in [0.29, 0.717) is 4.68 Å². The van der Waals surface area contributed by atoms with Gasteiger partial charge in [0.1, 0.15) is 23.8 Å². The number of H-pyrrole nitrogens is 1. The third-order valence-electron chi connectivity index (χ3n) is 3.82. The van der Waals surface area contributed by atoms with Crippen LogP contribution in [-0.4, -0.2) is 33.2 Å². The monoisotopic (exact) mass is 371 g/mol. The highest BCUT2D eigenvalue weighted by Gasteiger charge is 2.31. The van der Waals surface area contributed by atoms with Crippen molar-refractivity contribution in [2.75, 3.05) is 7.11 Å². The SMILES string of the molecule is COc1ccc(-c2[nH]c3c(c(C)nn3CC(F)(F)F)c(=O)c2O)c(F)c1. The molecule has 0 amide bonds. The molecule has 0 saturated heterocycles. The number of benzene rings is 1. The van der Waals surface area contributed by atoms with Gasteiger partial charge in [0.2, 0.25) is 5.43 Å². The van der Waals surface area contributed by atoms with Crippen molar-refractivity contribution in [3.8, 4) is 22.8 Å². The van der Waals surface area contributed by atoms with Crippen molar-refractivity contribution < 1.29 is 27.4 Å². The average Bonchev–Trinajstić information content (AvgIpc) is 2.84. The Kier molecular flexibility index (Phi) is 4.13. The fraction of sp³-hybridized carbons (Fsp3) is 0.250. The number of aromatic nitrogens is 3. The van der Waals surface area contributed by atoms with Crippen LogP contribution < -0.4 is 10.2 Å². The summed E-state index contributed by atoms with van der Waals surface area (Å²) >= 11 is 0. The zero-order chi connectivity index (χ0) is 19.2. The van der Waals surface area contributed by atoms with Crippen molar-refractivity contribution in [2.24, 2.45) is 0 Å². The lowest BCUT2D eigenvalue weighted by Gasteiger charge is -2.11. The number of nitrogens with one attached hydrogen (secondary N) is 1. The third kappa shape index (κ3) is 2.98. The highest BCUT2D eigenvalue weighted by Crippen LogP contribution is 2.32. The van der Waals surface area contributed by atoms with Crippen LogP contribution in [-0.2, 0) is 6.54 Å². The minimum Gasteiger partial charge on any atom is -0.503 e. The largest absolute Gasteiger partial charge is 0.503 e. The molecule has 3 rings (SSSR count). The maximum Gasteiger partial charge on any atom is 0.408 e. The highest BCUT2D eigenvalue weighted by atomic mass is 19.4. The van der Waals surface area contributed by atoms with Gasteiger partial charge in [0.25, 0.3) is 0 Å². The fourth-order valence-electron chi connectivity index (χ4n) is 2.69. The molecule has 0 atom stereocenters. The van der Waals surface area contributed by atoms with Gasteiger partial charge in [-0.2, -0.15) is 18.3 Å². The molecule has 10 heteroatoms. The second kappa shape index (κ2) is 6.04. The summed E-state index contributed by atoms with van der Waals surface area (Å²) in [5.74, 6) is -1.43. The van der Waals surface area contributed by atoms with Gasteiger partial charge in [-0.25, -0.2) is 9.07 Å². The van der Waals surface area contributed by atoms with Crippen LogP contribution in [0.4, 0.5) is 17.6 Å². The number of aryl methyl sites for hydroxylation is 1. The molecule has 0 spiro atoms. The molecule has 0 aliphatic rings. The third-order valence-corrected chi connectivity index (χ3v) is 3.82. The summed E-state index contributed by atoms with van der Waals surface area (Å²) in [6, 6.07) is 3.65. The van der Waals surface area contributed by atoms with E-state index in [1.807, 2.05) is 0 Å². The molecule has 6 nitrogen and oxygen atoms in total. The number of nitrogens with zero attached hydrogens (tertiary/aromatic N) is 2. The summed E-state index contributed by atoms with van der Waals surface area (Å²) in [5.41, 5.74) is -1.71. The number of ether oxygens (including phenoxy) is 1. The number of rotatable bonds is 3. The fourth-order valence-corrected chi connectivity index (χ4v) is 2.69. The summed E-state index contributed by atoms with van der Waals surface area (Å²) in [5, 5.41) is 13.7. The Labute approximate surface area is 143 Å². The molecule has 2 heterocycles. The Morgan fingerprint density at radius 1 is 1.35 bits per heavy atom.